The lowest BCUT2D eigenvalue weighted by Crippen LogP contribution is -2.21. The second-order valence-corrected chi connectivity index (χ2v) is 8.25. The van der Waals surface area contributed by atoms with Crippen molar-refractivity contribution in [2.45, 2.75) is 39.5 Å². The Bertz CT molecular complexity index is 809. The molecule has 1 aromatic rings. The van der Waals surface area contributed by atoms with Gasteiger partial charge in [0.05, 0.1) is 10.6 Å². The standard InChI is InChI=1S/C19H23NO3S/c1-12(2)17-10-15(11-18(13(3)4)19(17)21)20-24(22,23)16-8-6-14(5)7-9-16/h6-13H,1-5H3. The fourth-order valence-corrected chi connectivity index (χ4v) is 3.44. The Morgan fingerprint density at radius 2 is 1.33 bits per heavy atom. The lowest BCUT2D eigenvalue weighted by Gasteiger charge is -2.20. The molecule has 4 nitrogen and oxygen atoms in total. The van der Waals surface area contributed by atoms with Gasteiger partial charge in [0.2, 0.25) is 0 Å². The Morgan fingerprint density at radius 3 is 1.75 bits per heavy atom. The van der Waals surface area contributed by atoms with Gasteiger partial charge in [-0.05, 0) is 43.0 Å². The van der Waals surface area contributed by atoms with Crippen LogP contribution in [0.15, 0.2) is 56.9 Å². The number of hydrogen-bond donors (Lipinski definition) is 0. The molecule has 0 aliphatic heterocycles. The number of rotatable bonds is 4. The van der Waals surface area contributed by atoms with E-state index in [1.165, 1.54) is 0 Å². The fourth-order valence-electron chi connectivity index (χ4n) is 2.47. The number of hydrogen-bond acceptors (Lipinski definition) is 3. The van der Waals surface area contributed by atoms with Crippen LogP contribution in [0.2, 0.25) is 0 Å². The zero-order valence-corrected chi connectivity index (χ0v) is 15.5. The molecular weight excluding hydrogens is 322 g/mol. The molecule has 2 rings (SSSR count). The van der Waals surface area contributed by atoms with Crippen molar-refractivity contribution in [1.29, 1.82) is 0 Å². The molecule has 0 amide bonds. The SMILES string of the molecule is Cc1ccc(S(=O)(=O)N=C2C=C(C(C)C)C(=O)C(C(C)C)=C2)cc1. The molecule has 0 bridgehead atoms. The fraction of sp³-hybridized carbons (Fsp3) is 0.368. The first-order chi connectivity index (χ1) is 11.1. The lowest BCUT2D eigenvalue weighted by molar-refractivity contribution is -0.113. The normalized spacial score (nSPS) is 15.6. The second kappa shape index (κ2) is 6.85. The summed E-state index contributed by atoms with van der Waals surface area (Å²) < 4.78 is 29.0. The van der Waals surface area contributed by atoms with Gasteiger partial charge in [-0.2, -0.15) is 12.8 Å². The molecule has 0 atom stereocenters. The number of benzene rings is 1. The number of Topliss-reactive ketones (excluding diaryl/α,β-unsaturated/α-hetero) is 1. The molecule has 0 heterocycles. The topological polar surface area (TPSA) is 63.6 Å². The molecular formula is C19H23NO3S. The Labute approximate surface area is 144 Å². The van der Waals surface area contributed by atoms with Crippen LogP contribution in [0.4, 0.5) is 0 Å². The molecule has 0 unspecified atom stereocenters. The molecule has 128 valence electrons. The van der Waals surface area contributed by atoms with Crippen LogP contribution in [0.25, 0.3) is 0 Å². The highest BCUT2D eigenvalue weighted by Gasteiger charge is 2.25. The molecule has 0 radical (unpaired) electrons. The summed E-state index contributed by atoms with van der Waals surface area (Å²) in [5, 5.41) is 0. The summed E-state index contributed by atoms with van der Waals surface area (Å²) in [4.78, 5) is 12.6. The first-order valence-corrected chi connectivity index (χ1v) is 9.45. The highest BCUT2D eigenvalue weighted by molar-refractivity contribution is 7.90. The van der Waals surface area contributed by atoms with Gasteiger partial charge in [0, 0.05) is 11.1 Å². The van der Waals surface area contributed by atoms with Crippen LogP contribution in [-0.2, 0) is 14.8 Å². The number of allylic oxidation sites excluding steroid dienone is 4. The Hall–Kier alpha value is -2.01. The zero-order chi connectivity index (χ0) is 18.1. The van der Waals surface area contributed by atoms with Gasteiger partial charge in [0.15, 0.2) is 5.78 Å². The minimum Gasteiger partial charge on any atom is -0.289 e. The van der Waals surface area contributed by atoms with Crippen molar-refractivity contribution in [3.63, 3.8) is 0 Å². The highest BCUT2D eigenvalue weighted by atomic mass is 32.2. The summed E-state index contributed by atoms with van der Waals surface area (Å²) in [6.45, 7) is 9.56. The average molecular weight is 345 g/mol. The molecule has 5 heteroatoms. The molecule has 0 saturated carbocycles. The average Bonchev–Trinajstić information content (AvgIpc) is 2.48. The van der Waals surface area contributed by atoms with Crippen molar-refractivity contribution in [1.82, 2.24) is 0 Å². The maximum absolute atomic E-state index is 12.5. The quantitative estimate of drug-likeness (QED) is 0.778. The van der Waals surface area contributed by atoms with E-state index in [1.54, 1.807) is 36.4 Å². The maximum atomic E-state index is 12.5. The van der Waals surface area contributed by atoms with Crippen LogP contribution >= 0.6 is 0 Å². The smallest absolute Gasteiger partial charge is 0.282 e. The largest absolute Gasteiger partial charge is 0.289 e. The molecule has 0 saturated heterocycles. The van der Waals surface area contributed by atoms with Crippen LogP contribution in [0.3, 0.4) is 0 Å². The highest BCUT2D eigenvalue weighted by Crippen LogP contribution is 2.26. The number of ketones is 1. The molecule has 0 N–H and O–H groups in total. The third-order valence-corrected chi connectivity index (χ3v) is 5.24. The van der Waals surface area contributed by atoms with Gasteiger partial charge >= 0.3 is 0 Å². The van der Waals surface area contributed by atoms with Crippen LogP contribution in [0.1, 0.15) is 33.3 Å². The van der Waals surface area contributed by atoms with Crippen molar-refractivity contribution in [2.24, 2.45) is 16.2 Å². The minimum atomic E-state index is -3.80. The Morgan fingerprint density at radius 1 is 0.875 bits per heavy atom. The van der Waals surface area contributed by atoms with Crippen LogP contribution < -0.4 is 0 Å². The number of aryl methyl sites for hydroxylation is 1. The molecule has 0 aromatic heterocycles. The Balaban J connectivity index is 2.53. The van der Waals surface area contributed by atoms with Gasteiger partial charge in [0.1, 0.15) is 0 Å². The number of carbonyl (C=O) groups is 1. The number of nitrogens with zero attached hydrogens (tertiary/aromatic N) is 1. The molecule has 0 fully saturated rings. The monoisotopic (exact) mass is 345 g/mol. The van der Waals surface area contributed by atoms with Crippen LogP contribution in [-0.4, -0.2) is 19.9 Å². The first-order valence-electron chi connectivity index (χ1n) is 8.01. The van der Waals surface area contributed by atoms with Crippen molar-refractivity contribution in [3.05, 3.63) is 53.1 Å². The minimum absolute atomic E-state index is 0.00669. The first kappa shape index (κ1) is 18.3. The lowest BCUT2D eigenvalue weighted by atomic mass is 9.84. The van der Waals surface area contributed by atoms with E-state index in [1.807, 2.05) is 34.6 Å². The molecule has 1 aromatic carbocycles. The molecule has 1 aliphatic rings. The van der Waals surface area contributed by atoms with Gasteiger partial charge in [-0.25, -0.2) is 0 Å². The number of carbonyl (C=O) groups excluding carboxylic acids is 1. The van der Waals surface area contributed by atoms with E-state index >= 15 is 0 Å². The van der Waals surface area contributed by atoms with Crippen molar-refractivity contribution >= 4 is 21.5 Å². The van der Waals surface area contributed by atoms with Gasteiger partial charge in [0.25, 0.3) is 10.0 Å². The summed E-state index contributed by atoms with van der Waals surface area (Å²) in [5.41, 5.74) is 2.48. The summed E-state index contributed by atoms with van der Waals surface area (Å²) in [6.07, 6.45) is 3.18. The predicted octanol–water partition coefficient (Wildman–Crippen LogP) is 3.87. The van der Waals surface area contributed by atoms with E-state index in [-0.39, 0.29) is 22.5 Å². The predicted molar refractivity (Wildman–Crippen MR) is 96.6 cm³/mol. The molecule has 0 spiro atoms. The van der Waals surface area contributed by atoms with Crippen LogP contribution in [0, 0.1) is 18.8 Å². The third-order valence-electron chi connectivity index (χ3n) is 3.92. The molecule has 24 heavy (non-hydrogen) atoms. The summed E-state index contributed by atoms with van der Waals surface area (Å²) in [5.74, 6) is -0.00820. The summed E-state index contributed by atoms with van der Waals surface area (Å²) >= 11 is 0. The zero-order valence-electron chi connectivity index (χ0n) is 14.7. The van der Waals surface area contributed by atoms with Crippen LogP contribution in [0.5, 0.6) is 0 Å². The van der Waals surface area contributed by atoms with E-state index < -0.39 is 10.0 Å². The third kappa shape index (κ3) is 3.90. The Kier molecular flexibility index (Phi) is 5.23. The summed E-state index contributed by atoms with van der Waals surface area (Å²) in [6, 6.07) is 6.57. The van der Waals surface area contributed by atoms with Gasteiger partial charge in [-0.1, -0.05) is 45.4 Å². The van der Waals surface area contributed by atoms with E-state index in [0.29, 0.717) is 16.9 Å². The van der Waals surface area contributed by atoms with Crippen molar-refractivity contribution < 1.29 is 13.2 Å². The second-order valence-electron chi connectivity index (χ2n) is 6.64. The van der Waals surface area contributed by atoms with E-state index in [2.05, 4.69) is 4.40 Å². The summed E-state index contributed by atoms with van der Waals surface area (Å²) in [7, 11) is -3.80. The van der Waals surface area contributed by atoms with E-state index in [0.717, 1.165) is 5.56 Å². The van der Waals surface area contributed by atoms with Crippen molar-refractivity contribution in [3.8, 4) is 0 Å². The van der Waals surface area contributed by atoms with E-state index in [9.17, 15) is 13.2 Å². The van der Waals surface area contributed by atoms with Gasteiger partial charge in [-0.3, -0.25) is 4.79 Å². The van der Waals surface area contributed by atoms with Crippen molar-refractivity contribution in [2.75, 3.05) is 0 Å². The van der Waals surface area contributed by atoms with Gasteiger partial charge < -0.3 is 0 Å². The maximum Gasteiger partial charge on any atom is 0.282 e. The number of sulfonamides is 1. The molecule has 1 aliphatic carbocycles. The van der Waals surface area contributed by atoms with E-state index in [4.69, 9.17) is 0 Å². The van der Waals surface area contributed by atoms with Gasteiger partial charge in [-0.15, -0.1) is 0 Å².